The van der Waals surface area contributed by atoms with Crippen LogP contribution in [0.3, 0.4) is 0 Å². The first-order valence-electron chi connectivity index (χ1n) is 9.58. The lowest BCUT2D eigenvalue weighted by Crippen LogP contribution is -2.24. The minimum absolute atomic E-state index is 0.124. The van der Waals surface area contributed by atoms with Crippen molar-refractivity contribution in [1.82, 2.24) is 0 Å². The van der Waals surface area contributed by atoms with E-state index in [4.69, 9.17) is 4.74 Å². The van der Waals surface area contributed by atoms with Gasteiger partial charge in [-0.1, -0.05) is 0 Å². The summed E-state index contributed by atoms with van der Waals surface area (Å²) in [7, 11) is 0. The Morgan fingerprint density at radius 1 is 1.07 bits per heavy atom. The molecule has 1 aliphatic heterocycles. The van der Waals surface area contributed by atoms with E-state index < -0.39 is 5.97 Å². The predicted octanol–water partition coefficient (Wildman–Crippen LogP) is 3.55. The third-order valence-electron chi connectivity index (χ3n) is 5.15. The zero-order valence-corrected chi connectivity index (χ0v) is 16.3. The molecule has 6 nitrogen and oxygen atoms in total. The summed E-state index contributed by atoms with van der Waals surface area (Å²) in [5, 5.41) is 4.56. The molecular formula is C21H22N2O4S. The summed E-state index contributed by atoms with van der Waals surface area (Å²) < 4.78 is 5.21. The number of benzene rings is 1. The second kappa shape index (κ2) is 8.14. The Morgan fingerprint density at radius 2 is 1.86 bits per heavy atom. The smallest absolute Gasteiger partial charge is 0.339 e. The number of aryl methyl sites for hydroxylation is 1. The SMILES string of the molecule is O=C(COC(=O)c1csc2c1CCCC2)Nc1ccc(N2CCCC2=O)cc1. The van der Waals surface area contributed by atoms with Crippen molar-refractivity contribution >= 4 is 40.5 Å². The highest BCUT2D eigenvalue weighted by atomic mass is 32.1. The van der Waals surface area contributed by atoms with Crippen LogP contribution in [0.25, 0.3) is 0 Å². The molecule has 0 spiro atoms. The van der Waals surface area contributed by atoms with Crippen molar-refractivity contribution < 1.29 is 19.1 Å². The highest BCUT2D eigenvalue weighted by molar-refractivity contribution is 7.10. The van der Waals surface area contributed by atoms with E-state index in [9.17, 15) is 14.4 Å². The topological polar surface area (TPSA) is 75.7 Å². The molecule has 2 heterocycles. The summed E-state index contributed by atoms with van der Waals surface area (Å²) in [5.41, 5.74) is 3.12. The number of nitrogens with zero attached hydrogens (tertiary/aromatic N) is 1. The third kappa shape index (κ3) is 3.94. The summed E-state index contributed by atoms with van der Waals surface area (Å²) in [4.78, 5) is 39.2. The average Bonchev–Trinajstić information content (AvgIpc) is 3.33. The van der Waals surface area contributed by atoms with Crippen LogP contribution in [-0.4, -0.2) is 30.9 Å². The van der Waals surface area contributed by atoms with Gasteiger partial charge in [0.05, 0.1) is 5.56 Å². The van der Waals surface area contributed by atoms with Gasteiger partial charge in [-0.2, -0.15) is 0 Å². The molecule has 0 atom stereocenters. The Morgan fingerprint density at radius 3 is 2.61 bits per heavy atom. The van der Waals surface area contributed by atoms with Gasteiger partial charge in [0, 0.05) is 34.6 Å². The number of ether oxygens (including phenoxy) is 1. The average molecular weight is 398 g/mol. The van der Waals surface area contributed by atoms with Crippen LogP contribution in [0.1, 0.15) is 46.5 Å². The lowest BCUT2D eigenvalue weighted by atomic mass is 9.96. The zero-order valence-electron chi connectivity index (χ0n) is 15.5. The number of esters is 1. The summed E-state index contributed by atoms with van der Waals surface area (Å²) in [6, 6.07) is 7.11. The summed E-state index contributed by atoms with van der Waals surface area (Å²) in [6.07, 6.45) is 5.62. The molecule has 2 aromatic rings. The number of nitrogens with one attached hydrogen (secondary N) is 1. The van der Waals surface area contributed by atoms with Gasteiger partial charge in [-0.25, -0.2) is 4.79 Å². The zero-order chi connectivity index (χ0) is 19.5. The Kier molecular flexibility index (Phi) is 5.43. The molecule has 7 heteroatoms. The molecule has 0 saturated carbocycles. The highest BCUT2D eigenvalue weighted by Crippen LogP contribution is 2.30. The number of hydrogen-bond donors (Lipinski definition) is 1. The summed E-state index contributed by atoms with van der Waals surface area (Å²) in [5.74, 6) is -0.695. The molecule has 28 heavy (non-hydrogen) atoms. The van der Waals surface area contributed by atoms with Gasteiger partial charge in [-0.3, -0.25) is 9.59 Å². The molecule has 146 valence electrons. The normalized spacial score (nSPS) is 16.0. The predicted molar refractivity (Wildman–Crippen MR) is 108 cm³/mol. The summed E-state index contributed by atoms with van der Waals surface area (Å²) >= 11 is 1.60. The number of fused-ring (bicyclic) bond motifs is 1. The van der Waals surface area contributed by atoms with Crippen molar-refractivity contribution in [3.05, 3.63) is 45.6 Å². The largest absolute Gasteiger partial charge is 0.452 e. The van der Waals surface area contributed by atoms with Gasteiger partial charge in [-0.15, -0.1) is 11.3 Å². The maximum absolute atomic E-state index is 12.3. The molecule has 0 unspecified atom stereocenters. The monoisotopic (exact) mass is 398 g/mol. The molecule has 1 saturated heterocycles. The van der Waals surface area contributed by atoms with Crippen molar-refractivity contribution in [2.24, 2.45) is 0 Å². The molecular weight excluding hydrogens is 376 g/mol. The van der Waals surface area contributed by atoms with Crippen LogP contribution in [0.4, 0.5) is 11.4 Å². The van der Waals surface area contributed by atoms with Crippen LogP contribution in [0, 0.1) is 0 Å². The lowest BCUT2D eigenvalue weighted by Gasteiger charge is -2.16. The van der Waals surface area contributed by atoms with Gasteiger partial charge < -0.3 is 15.0 Å². The van der Waals surface area contributed by atoms with E-state index in [1.54, 1.807) is 28.4 Å². The van der Waals surface area contributed by atoms with Crippen LogP contribution in [-0.2, 0) is 27.2 Å². The molecule has 2 amide bonds. The number of carbonyl (C=O) groups is 3. The van der Waals surface area contributed by atoms with Crippen LogP contribution in [0.5, 0.6) is 0 Å². The van der Waals surface area contributed by atoms with E-state index in [1.807, 2.05) is 17.5 Å². The molecule has 1 aromatic carbocycles. The fourth-order valence-electron chi connectivity index (χ4n) is 3.72. The maximum Gasteiger partial charge on any atom is 0.339 e. The molecule has 2 aliphatic rings. The van der Waals surface area contributed by atoms with Crippen molar-refractivity contribution in [1.29, 1.82) is 0 Å². The molecule has 1 fully saturated rings. The van der Waals surface area contributed by atoms with Gasteiger partial charge in [-0.05, 0) is 61.9 Å². The van der Waals surface area contributed by atoms with Gasteiger partial charge in [0.25, 0.3) is 5.91 Å². The lowest BCUT2D eigenvalue weighted by molar-refractivity contribution is -0.119. The van der Waals surface area contributed by atoms with Crippen molar-refractivity contribution in [2.75, 3.05) is 23.4 Å². The molecule has 0 bridgehead atoms. The van der Waals surface area contributed by atoms with E-state index in [1.165, 1.54) is 4.88 Å². The van der Waals surface area contributed by atoms with Crippen LogP contribution in [0.2, 0.25) is 0 Å². The van der Waals surface area contributed by atoms with Crippen LogP contribution < -0.4 is 10.2 Å². The Bertz CT molecular complexity index is 904. The second-order valence-electron chi connectivity index (χ2n) is 7.08. The van der Waals surface area contributed by atoms with Crippen LogP contribution >= 0.6 is 11.3 Å². The maximum atomic E-state index is 12.3. The first-order chi connectivity index (χ1) is 13.6. The number of anilines is 2. The van der Waals surface area contributed by atoms with E-state index >= 15 is 0 Å². The Labute approximate surface area is 167 Å². The minimum atomic E-state index is -0.433. The Balaban J connectivity index is 1.30. The van der Waals surface area contributed by atoms with E-state index in [2.05, 4.69) is 5.32 Å². The number of rotatable bonds is 5. The quantitative estimate of drug-likeness (QED) is 0.782. The second-order valence-corrected chi connectivity index (χ2v) is 8.04. The minimum Gasteiger partial charge on any atom is -0.452 e. The number of thiophene rings is 1. The molecule has 1 aliphatic carbocycles. The molecule has 4 rings (SSSR count). The first-order valence-corrected chi connectivity index (χ1v) is 10.5. The number of amides is 2. The van der Waals surface area contributed by atoms with Gasteiger partial charge in [0.1, 0.15) is 0 Å². The number of hydrogen-bond acceptors (Lipinski definition) is 5. The third-order valence-corrected chi connectivity index (χ3v) is 6.24. The summed E-state index contributed by atoms with van der Waals surface area (Å²) in [6.45, 7) is 0.405. The van der Waals surface area contributed by atoms with Crippen LogP contribution in [0.15, 0.2) is 29.6 Å². The van der Waals surface area contributed by atoms with E-state index in [-0.39, 0.29) is 18.4 Å². The van der Waals surface area contributed by atoms with Crippen molar-refractivity contribution in [2.45, 2.75) is 38.5 Å². The fraction of sp³-hybridized carbons (Fsp3) is 0.381. The Hall–Kier alpha value is -2.67. The fourth-order valence-corrected chi connectivity index (χ4v) is 4.83. The van der Waals surface area contributed by atoms with E-state index in [0.717, 1.165) is 49.9 Å². The molecule has 0 radical (unpaired) electrons. The highest BCUT2D eigenvalue weighted by Gasteiger charge is 2.22. The van der Waals surface area contributed by atoms with Crippen molar-refractivity contribution in [3.8, 4) is 0 Å². The van der Waals surface area contributed by atoms with Crippen molar-refractivity contribution in [3.63, 3.8) is 0 Å². The molecule has 1 aromatic heterocycles. The van der Waals surface area contributed by atoms with Gasteiger partial charge in [0.15, 0.2) is 6.61 Å². The van der Waals surface area contributed by atoms with Gasteiger partial charge >= 0.3 is 5.97 Å². The van der Waals surface area contributed by atoms with Gasteiger partial charge in [0.2, 0.25) is 5.91 Å². The van der Waals surface area contributed by atoms with E-state index in [0.29, 0.717) is 17.7 Å². The molecule has 1 N–H and O–H groups in total. The standard InChI is InChI=1S/C21H22N2O4S/c24-19(12-27-21(26)17-13-28-18-5-2-1-4-16(17)18)22-14-7-9-15(10-8-14)23-11-3-6-20(23)25/h7-10,13H,1-6,11-12H2,(H,22,24). The number of carbonyl (C=O) groups excluding carboxylic acids is 3. The first kappa shape index (κ1) is 18.7.